The Kier molecular flexibility index (Phi) is 4.81. The minimum absolute atomic E-state index is 0.112. The molecule has 0 aliphatic carbocycles. The van der Waals surface area contributed by atoms with E-state index in [1.807, 2.05) is 61.7 Å². The van der Waals surface area contributed by atoms with Crippen molar-refractivity contribution in [1.82, 2.24) is 14.6 Å². The predicted molar refractivity (Wildman–Crippen MR) is 102 cm³/mol. The van der Waals surface area contributed by atoms with E-state index in [0.717, 1.165) is 28.0 Å². The summed E-state index contributed by atoms with van der Waals surface area (Å²) in [7, 11) is 0. The first kappa shape index (κ1) is 17.5. The SMILES string of the molecule is Cc1cc(C)c2c(-c3ccccc3)nc(S[C@@H](C(N)=O)C(C)C)n2n1. The Labute approximate surface area is 151 Å². The quantitative estimate of drug-likeness (QED) is 0.710. The Morgan fingerprint density at radius 2 is 1.88 bits per heavy atom. The summed E-state index contributed by atoms with van der Waals surface area (Å²) in [5.74, 6) is -0.219. The maximum Gasteiger partial charge on any atom is 0.231 e. The van der Waals surface area contributed by atoms with Gasteiger partial charge in [0.2, 0.25) is 5.91 Å². The number of carbonyl (C=O) groups is 1. The van der Waals surface area contributed by atoms with Crippen molar-refractivity contribution in [3.05, 3.63) is 47.7 Å². The number of rotatable bonds is 5. The van der Waals surface area contributed by atoms with Crippen LogP contribution in [0, 0.1) is 19.8 Å². The number of amides is 1. The summed E-state index contributed by atoms with van der Waals surface area (Å²) in [6.07, 6.45) is 0. The molecule has 1 atom stereocenters. The highest BCUT2D eigenvalue weighted by molar-refractivity contribution is 8.00. The number of hydrogen-bond acceptors (Lipinski definition) is 4. The largest absolute Gasteiger partial charge is 0.369 e. The lowest BCUT2D eigenvalue weighted by atomic mass is 10.1. The van der Waals surface area contributed by atoms with Crippen LogP contribution in [0.25, 0.3) is 16.8 Å². The van der Waals surface area contributed by atoms with Crippen molar-refractivity contribution in [1.29, 1.82) is 0 Å². The van der Waals surface area contributed by atoms with Crippen molar-refractivity contribution in [2.24, 2.45) is 11.7 Å². The van der Waals surface area contributed by atoms with Gasteiger partial charge in [-0.2, -0.15) is 5.10 Å². The molecule has 5 nitrogen and oxygen atoms in total. The molecule has 0 spiro atoms. The zero-order valence-corrected chi connectivity index (χ0v) is 15.7. The molecule has 0 aliphatic heterocycles. The third-order valence-corrected chi connectivity index (χ3v) is 5.55. The number of benzene rings is 1. The summed E-state index contributed by atoms with van der Waals surface area (Å²) in [4.78, 5) is 16.7. The molecule has 25 heavy (non-hydrogen) atoms. The molecule has 0 radical (unpaired) electrons. The smallest absolute Gasteiger partial charge is 0.231 e. The molecule has 0 unspecified atom stereocenters. The summed E-state index contributed by atoms with van der Waals surface area (Å²) in [5, 5.41) is 4.98. The molecule has 0 saturated carbocycles. The highest BCUT2D eigenvalue weighted by Crippen LogP contribution is 2.34. The van der Waals surface area contributed by atoms with Crippen LogP contribution in [0.3, 0.4) is 0 Å². The molecule has 1 aromatic carbocycles. The van der Waals surface area contributed by atoms with E-state index in [1.54, 1.807) is 0 Å². The third-order valence-electron chi connectivity index (χ3n) is 4.05. The van der Waals surface area contributed by atoms with Crippen molar-refractivity contribution >= 4 is 23.2 Å². The Bertz CT molecular complexity index is 918. The summed E-state index contributed by atoms with van der Waals surface area (Å²) in [6.45, 7) is 7.98. The van der Waals surface area contributed by atoms with E-state index in [2.05, 4.69) is 12.0 Å². The molecule has 1 amide bonds. The topological polar surface area (TPSA) is 73.3 Å². The second kappa shape index (κ2) is 6.88. The highest BCUT2D eigenvalue weighted by Gasteiger charge is 2.25. The molecule has 130 valence electrons. The second-order valence-corrected chi connectivity index (χ2v) is 7.63. The van der Waals surface area contributed by atoms with Gasteiger partial charge < -0.3 is 5.73 Å². The molecule has 6 heteroatoms. The Morgan fingerprint density at radius 3 is 2.48 bits per heavy atom. The normalized spacial score (nSPS) is 12.7. The first-order valence-corrected chi connectivity index (χ1v) is 9.15. The molecular formula is C19H22N4OS. The van der Waals surface area contributed by atoms with Gasteiger partial charge in [-0.05, 0) is 31.4 Å². The fourth-order valence-electron chi connectivity index (χ4n) is 2.92. The standard InChI is InChI=1S/C19H22N4OS/c1-11(2)17(18(20)24)25-19-21-15(14-8-6-5-7-9-14)16-12(3)10-13(4)22-23(16)19/h5-11,17H,1-4H3,(H2,20,24)/t17-/m1/s1. The Hall–Kier alpha value is -2.34. The van der Waals surface area contributed by atoms with Gasteiger partial charge >= 0.3 is 0 Å². The van der Waals surface area contributed by atoms with E-state index < -0.39 is 0 Å². The average Bonchev–Trinajstić information content (AvgIpc) is 2.91. The zero-order chi connectivity index (χ0) is 18.1. The third kappa shape index (κ3) is 3.39. The maximum absolute atomic E-state index is 11.8. The molecule has 2 aromatic heterocycles. The second-order valence-electron chi connectivity index (χ2n) is 6.52. The van der Waals surface area contributed by atoms with E-state index in [0.29, 0.717) is 5.16 Å². The molecule has 2 heterocycles. The van der Waals surface area contributed by atoms with Crippen molar-refractivity contribution in [2.75, 3.05) is 0 Å². The van der Waals surface area contributed by atoms with Gasteiger partial charge in [0, 0.05) is 5.56 Å². The lowest BCUT2D eigenvalue weighted by Gasteiger charge is -2.15. The number of fused-ring (bicyclic) bond motifs is 1. The van der Waals surface area contributed by atoms with Crippen LogP contribution in [-0.4, -0.2) is 25.8 Å². The van der Waals surface area contributed by atoms with Gasteiger partial charge in [0.1, 0.15) is 0 Å². The molecule has 0 fully saturated rings. The van der Waals surface area contributed by atoms with Gasteiger partial charge in [-0.25, -0.2) is 9.50 Å². The average molecular weight is 354 g/mol. The van der Waals surface area contributed by atoms with Crippen LogP contribution in [0.15, 0.2) is 41.6 Å². The lowest BCUT2D eigenvalue weighted by molar-refractivity contribution is -0.118. The van der Waals surface area contributed by atoms with Gasteiger partial charge in [0.25, 0.3) is 0 Å². The highest BCUT2D eigenvalue weighted by atomic mass is 32.2. The fourth-order valence-corrected chi connectivity index (χ4v) is 3.91. The van der Waals surface area contributed by atoms with E-state index in [9.17, 15) is 4.79 Å². The molecule has 3 rings (SSSR count). The van der Waals surface area contributed by atoms with Gasteiger partial charge in [-0.15, -0.1) is 0 Å². The van der Waals surface area contributed by atoms with E-state index in [-0.39, 0.29) is 17.1 Å². The van der Waals surface area contributed by atoms with Crippen LogP contribution in [0.1, 0.15) is 25.1 Å². The number of aromatic nitrogens is 3. The van der Waals surface area contributed by atoms with Crippen LogP contribution >= 0.6 is 11.8 Å². The number of primary amides is 1. The minimum atomic E-state index is -0.350. The van der Waals surface area contributed by atoms with E-state index in [1.165, 1.54) is 11.8 Å². The molecule has 0 saturated heterocycles. The molecule has 2 N–H and O–H groups in total. The minimum Gasteiger partial charge on any atom is -0.369 e. The van der Waals surface area contributed by atoms with Crippen LogP contribution < -0.4 is 5.73 Å². The number of aryl methyl sites for hydroxylation is 2. The number of nitrogens with zero attached hydrogens (tertiary/aromatic N) is 3. The monoisotopic (exact) mass is 354 g/mol. The Morgan fingerprint density at radius 1 is 1.20 bits per heavy atom. The predicted octanol–water partition coefficient (Wildman–Crippen LogP) is 3.62. The van der Waals surface area contributed by atoms with Crippen molar-refractivity contribution in [3.8, 4) is 11.3 Å². The maximum atomic E-state index is 11.8. The number of thioether (sulfide) groups is 1. The summed E-state index contributed by atoms with van der Waals surface area (Å²) in [6, 6.07) is 12.1. The number of imidazole rings is 1. The van der Waals surface area contributed by atoms with Gasteiger partial charge in [-0.3, -0.25) is 4.79 Å². The lowest BCUT2D eigenvalue weighted by Crippen LogP contribution is -2.30. The van der Waals surface area contributed by atoms with Crippen molar-refractivity contribution < 1.29 is 4.79 Å². The van der Waals surface area contributed by atoms with Crippen molar-refractivity contribution in [3.63, 3.8) is 0 Å². The van der Waals surface area contributed by atoms with Crippen molar-refractivity contribution in [2.45, 2.75) is 38.1 Å². The van der Waals surface area contributed by atoms with Crippen LogP contribution in [0.4, 0.5) is 0 Å². The summed E-state index contributed by atoms with van der Waals surface area (Å²) < 4.78 is 1.84. The first-order valence-electron chi connectivity index (χ1n) is 8.27. The van der Waals surface area contributed by atoms with E-state index in [4.69, 9.17) is 10.7 Å². The molecule has 0 bridgehead atoms. The molecular weight excluding hydrogens is 332 g/mol. The van der Waals surface area contributed by atoms with E-state index >= 15 is 0 Å². The van der Waals surface area contributed by atoms with Gasteiger partial charge in [0.15, 0.2) is 5.16 Å². The van der Waals surface area contributed by atoms with Crippen LogP contribution in [0.5, 0.6) is 0 Å². The summed E-state index contributed by atoms with van der Waals surface area (Å²) in [5.41, 5.74) is 10.5. The molecule has 3 aromatic rings. The first-order chi connectivity index (χ1) is 11.9. The van der Waals surface area contributed by atoms with Crippen LogP contribution in [-0.2, 0) is 4.79 Å². The number of hydrogen-bond donors (Lipinski definition) is 1. The van der Waals surface area contributed by atoms with Gasteiger partial charge in [-0.1, -0.05) is 55.9 Å². The van der Waals surface area contributed by atoms with Gasteiger partial charge in [0.05, 0.1) is 22.2 Å². The summed E-state index contributed by atoms with van der Waals surface area (Å²) >= 11 is 1.38. The number of nitrogens with two attached hydrogens (primary N) is 1. The number of carbonyl (C=O) groups excluding carboxylic acids is 1. The fraction of sp³-hybridized carbons (Fsp3) is 0.316. The zero-order valence-electron chi connectivity index (χ0n) is 14.9. The van der Waals surface area contributed by atoms with Crippen LogP contribution in [0.2, 0.25) is 0 Å². The molecule has 0 aliphatic rings. The Balaban J connectivity index is 2.21.